The Kier molecular flexibility index (Phi) is 9.70. The van der Waals surface area contributed by atoms with Gasteiger partial charge in [-0.2, -0.15) is 0 Å². The van der Waals surface area contributed by atoms with Crippen LogP contribution in [0.4, 0.5) is 0 Å². The van der Waals surface area contributed by atoms with Crippen LogP contribution < -0.4 is 0 Å². The highest BCUT2D eigenvalue weighted by Crippen LogP contribution is 2.39. The molecule has 23 heavy (non-hydrogen) atoms. The molecule has 0 spiro atoms. The number of carbonyl (C=O) groups excluding carboxylic acids is 2. The van der Waals surface area contributed by atoms with Crippen molar-refractivity contribution < 1.29 is 27.8 Å². The molecular weight excluding hydrogens is 335 g/mol. The van der Waals surface area contributed by atoms with E-state index in [0.717, 1.165) is 0 Å². The second kappa shape index (κ2) is 9.84. The molecule has 0 heterocycles. The molecule has 0 fully saturated rings. The first kappa shape index (κ1) is 22.7. The topological polar surface area (TPSA) is 71.1 Å². The first-order valence-corrected chi connectivity index (χ1v) is 11.9. The van der Waals surface area contributed by atoms with E-state index in [1.165, 1.54) is 21.3 Å². The van der Waals surface area contributed by atoms with Crippen molar-refractivity contribution in [3.8, 4) is 0 Å². The standard InChI is InChI=1S/C15H31O6PSi/c1-15(2,3)23(7,8)21-13(10-14(17)18-4)9-12(16)11-22(19-5)20-6/h13H,9-11H2,1-8H3. The Balaban J connectivity index is 4.95. The van der Waals surface area contributed by atoms with E-state index in [4.69, 9.17) is 18.2 Å². The lowest BCUT2D eigenvalue weighted by Crippen LogP contribution is -2.45. The second-order valence-electron chi connectivity index (χ2n) is 6.88. The normalized spacial score (nSPS) is 14.0. The van der Waals surface area contributed by atoms with Gasteiger partial charge in [0.2, 0.25) is 0 Å². The van der Waals surface area contributed by atoms with Crippen LogP contribution >= 0.6 is 8.38 Å². The molecule has 6 nitrogen and oxygen atoms in total. The van der Waals surface area contributed by atoms with E-state index >= 15 is 0 Å². The van der Waals surface area contributed by atoms with Crippen LogP contribution in [-0.2, 0) is 27.8 Å². The van der Waals surface area contributed by atoms with E-state index in [1.807, 2.05) is 0 Å². The quantitative estimate of drug-likeness (QED) is 0.335. The number of hydrogen-bond donors (Lipinski definition) is 0. The molecule has 1 atom stereocenters. The number of rotatable bonds is 10. The van der Waals surface area contributed by atoms with E-state index in [2.05, 4.69) is 33.9 Å². The van der Waals surface area contributed by atoms with Crippen molar-refractivity contribution >= 4 is 28.4 Å². The summed E-state index contributed by atoms with van der Waals surface area (Å²) in [5.41, 5.74) is 0. The van der Waals surface area contributed by atoms with Gasteiger partial charge in [0.05, 0.1) is 25.8 Å². The van der Waals surface area contributed by atoms with Gasteiger partial charge in [-0.25, -0.2) is 0 Å². The number of ketones is 1. The number of ether oxygens (including phenoxy) is 1. The summed E-state index contributed by atoms with van der Waals surface area (Å²) in [5, 5.41) is -0.00387. The number of carbonyl (C=O) groups is 2. The molecule has 0 rings (SSSR count). The largest absolute Gasteiger partial charge is 0.469 e. The van der Waals surface area contributed by atoms with Gasteiger partial charge in [-0.1, -0.05) is 20.8 Å². The van der Waals surface area contributed by atoms with Crippen LogP contribution in [0, 0.1) is 0 Å². The molecule has 136 valence electrons. The van der Waals surface area contributed by atoms with Crippen molar-refractivity contribution in [3.05, 3.63) is 0 Å². The first-order chi connectivity index (χ1) is 10.5. The van der Waals surface area contributed by atoms with Crippen molar-refractivity contribution in [3.63, 3.8) is 0 Å². The summed E-state index contributed by atoms with van der Waals surface area (Å²) in [6, 6.07) is 0. The van der Waals surface area contributed by atoms with Gasteiger partial charge < -0.3 is 18.2 Å². The van der Waals surface area contributed by atoms with Crippen molar-refractivity contribution in [2.45, 2.75) is 57.8 Å². The average Bonchev–Trinajstić information content (AvgIpc) is 2.42. The summed E-state index contributed by atoms with van der Waals surface area (Å²) in [6.45, 7) is 10.5. The number of esters is 1. The van der Waals surface area contributed by atoms with Crippen LogP contribution in [-0.4, -0.2) is 53.7 Å². The van der Waals surface area contributed by atoms with Gasteiger partial charge in [-0.05, 0) is 18.1 Å². The molecule has 0 saturated heterocycles. The Morgan fingerprint density at radius 3 is 1.96 bits per heavy atom. The molecule has 0 N–H and O–H groups in total. The van der Waals surface area contributed by atoms with Crippen LogP contribution in [0.5, 0.6) is 0 Å². The maximum absolute atomic E-state index is 12.2. The Hall–Kier alpha value is -0.333. The van der Waals surface area contributed by atoms with E-state index in [-0.39, 0.29) is 35.8 Å². The molecule has 0 saturated carbocycles. The lowest BCUT2D eigenvalue weighted by Gasteiger charge is -2.39. The smallest absolute Gasteiger partial charge is 0.308 e. The lowest BCUT2D eigenvalue weighted by atomic mass is 10.1. The zero-order chi connectivity index (χ0) is 18.3. The summed E-state index contributed by atoms with van der Waals surface area (Å²) >= 11 is 0. The molecule has 0 aromatic rings. The molecule has 8 heteroatoms. The van der Waals surface area contributed by atoms with E-state index in [9.17, 15) is 9.59 Å². The molecule has 0 amide bonds. The van der Waals surface area contributed by atoms with E-state index < -0.39 is 22.8 Å². The number of Topliss-reactive ketones (excluding diaryl/α,β-unsaturated/α-hetero) is 1. The minimum absolute atomic E-state index is 0.00387. The van der Waals surface area contributed by atoms with Crippen molar-refractivity contribution in [2.75, 3.05) is 27.5 Å². The Bertz CT molecular complexity index is 390. The third-order valence-corrected chi connectivity index (χ3v) is 10.0. The van der Waals surface area contributed by atoms with Gasteiger partial charge in [0.15, 0.2) is 16.7 Å². The molecule has 0 aliphatic heterocycles. The Morgan fingerprint density at radius 1 is 1.04 bits per heavy atom. The van der Waals surface area contributed by atoms with Gasteiger partial charge in [-0.15, -0.1) is 0 Å². The monoisotopic (exact) mass is 366 g/mol. The summed E-state index contributed by atoms with van der Waals surface area (Å²) in [4.78, 5) is 23.9. The highest BCUT2D eigenvalue weighted by molar-refractivity contribution is 7.48. The molecule has 0 aromatic carbocycles. The third kappa shape index (κ3) is 8.36. The predicted molar refractivity (Wildman–Crippen MR) is 94.1 cm³/mol. The number of methoxy groups -OCH3 is 1. The van der Waals surface area contributed by atoms with E-state index in [1.54, 1.807) is 0 Å². The van der Waals surface area contributed by atoms with Gasteiger partial charge in [0.1, 0.15) is 5.78 Å². The molecule has 0 bridgehead atoms. The summed E-state index contributed by atoms with van der Waals surface area (Å²) in [6.07, 6.45) is -0.0397. The maximum Gasteiger partial charge on any atom is 0.308 e. The number of hydrogen-bond acceptors (Lipinski definition) is 6. The van der Waals surface area contributed by atoms with Crippen LogP contribution in [0.25, 0.3) is 0 Å². The highest BCUT2D eigenvalue weighted by Gasteiger charge is 2.40. The predicted octanol–water partition coefficient (Wildman–Crippen LogP) is 3.50. The Labute approximate surface area is 142 Å². The fraction of sp³-hybridized carbons (Fsp3) is 0.867. The zero-order valence-electron chi connectivity index (χ0n) is 15.6. The third-order valence-electron chi connectivity index (χ3n) is 4.06. The minimum Gasteiger partial charge on any atom is -0.469 e. The fourth-order valence-electron chi connectivity index (χ4n) is 1.68. The van der Waals surface area contributed by atoms with Crippen LogP contribution in [0.15, 0.2) is 0 Å². The lowest BCUT2D eigenvalue weighted by molar-refractivity contribution is -0.142. The second-order valence-corrected chi connectivity index (χ2v) is 13.3. The van der Waals surface area contributed by atoms with Crippen LogP contribution in [0.1, 0.15) is 33.6 Å². The van der Waals surface area contributed by atoms with Gasteiger partial charge in [0.25, 0.3) is 0 Å². The summed E-state index contributed by atoms with van der Waals surface area (Å²) in [5.74, 6) is -0.408. The van der Waals surface area contributed by atoms with Gasteiger partial charge in [0, 0.05) is 20.6 Å². The van der Waals surface area contributed by atoms with E-state index in [0.29, 0.717) is 0 Å². The highest BCUT2D eigenvalue weighted by atomic mass is 31.2. The first-order valence-electron chi connectivity index (χ1n) is 7.59. The maximum atomic E-state index is 12.2. The van der Waals surface area contributed by atoms with Gasteiger partial charge in [-0.3, -0.25) is 9.59 Å². The fourth-order valence-corrected chi connectivity index (χ4v) is 3.86. The average molecular weight is 366 g/mol. The molecule has 0 aliphatic carbocycles. The van der Waals surface area contributed by atoms with Crippen molar-refractivity contribution in [2.24, 2.45) is 0 Å². The minimum atomic E-state index is -2.09. The van der Waals surface area contributed by atoms with Crippen LogP contribution in [0.2, 0.25) is 18.1 Å². The SMILES string of the molecule is COC(=O)CC(CC(=O)CP(OC)OC)O[Si](C)(C)C(C)(C)C. The Morgan fingerprint density at radius 2 is 1.57 bits per heavy atom. The molecule has 1 unspecified atom stereocenters. The molecular formula is C15H31O6PSi. The summed E-state index contributed by atoms with van der Waals surface area (Å²) in [7, 11) is 1.06. The van der Waals surface area contributed by atoms with Gasteiger partial charge >= 0.3 is 5.97 Å². The van der Waals surface area contributed by atoms with Crippen molar-refractivity contribution in [1.29, 1.82) is 0 Å². The summed E-state index contributed by atoms with van der Waals surface area (Å²) < 4.78 is 21.2. The van der Waals surface area contributed by atoms with Crippen molar-refractivity contribution in [1.82, 2.24) is 0 Å². The molecule has 0 aliphatic rings. The molecule has 0 aromatic heterocycles. The molecule has 0 radical (unpaired) electrons. The zero-order valence-corrected chi connectivity index (χ0v) is 17.5. The van der Waals surface area contributed by atoms with Crippen LogP contribution in [0.3, 0.4) is 0 Å².